The van der Waals surface area contributed by atoms with Gasteiger partial charge in [-0.05, 0) is 179 Å². The molecule has 5 heteroatoms. The summed E-state index contributed by atoms with van der Waals surface area (Å²) in [6.07, 6.45) is 0. The predicted molar refractivity (Wildman–Crippen MR) is 426 cm³/mol. The molecule has 2 aliphatic heterocycles. The molecule has 0 unspecified atom stereocenters. The van der Waals surface area contributed by atoms with Gasteiger partial charge in [0.2, 0.25) is 0 Å². The minimum Gasteiger partial charge on any atom is -0.310 e. The molecule has 0 aliphatic carbocycles. The number of anilines is 6. The molecule has 15 aromatic rings. The molecule has 4 heterocycles. The molecule has 2 aromatic heterocycles. The van der Waals surface area contributed by atoms with E-state index in [0.29, 0.717) is 5.56 Å². The summed E-state index contributed by atoms with van der Waals surface area (Å²) in [5, 5.41) is 4.65. The number of hydrogen-bond donors (Lipinski definition) is 0. The topological polar surface area (TPSA) is 16.3 Å². The van der Waals surface area contributed by atoms with E-state index in [0.717, 1.165) is 134 Å². The van der Waals surface area contributed by atoms with Crippen LogP contribution < -0.4 is 26.2 Å². The minimum absolute atomic E-state index is 0.0979. The Morgan fingerprint density at radius 3 is 1.28 bits per heavy atom. The lowest BCUT2D eigenvalue weighted by atomic mass is 9.33. The molecule has 0 N–H and O–H groups in total. The van der Waals surface area contributed by atoms with Crippen LogP contribution in [0, 0.1) is 0 Å². The van der Waals surface area contributed by atoms with Crippen LogP contribution in [0.15, 0.2) is 285 Å². The normalized spacial score (nSPS) is 13.9. The Labute approximate surface area is 591 Å². The summed E-state index contributed by atoms with van der Waals surface area (Å²) in [5.74, 6) is 0. The first-order chi connectivity index (χ1) is 49.7. The van der Waals surface area contributed by atoms with Gasteiger partial charge in [-0.25, -0.2) is 0 Å². The lowest BCUT2D eigenvalue weighted by Crippen LogP contribution is -2.61. The number of para-hydroxylation sites is 2. The maximum atomic E-state index is 9.63. The average molecular weight is 1280 g/mol. The van der Waals surface area contributed by atoms with Gasteiger partial charge in [0.1, 0.15) is 0 Å². The summed E-state index contributed by atoms with van der Waals surface area (Å²) >= 11 is 0. The highest BCUT2D eigenvalue weighted by atomic mass is 15.2. The SMILES string of the molecule is [2H]c1c([2H])c([2H])c(-c2ccc3c(c2)N(c2c(-c4ccccc4)cc(C(C)(C)C)cc2-c2ccccc2)c2cc(C(C)(C)C)cc4c2B3c2ccc(-n3c5ccc(C(C)(C)C)cc5c5cc(C(C)(C)C)ccc53)cc2N4c2c(-c3ccccc3)ccc3c2c2ccccc2n3-c2ccccc2)c([2H])c1[2H]. The van der Waals surface area contributed by atoms with Crippen molar-refractivity contribution in [2.75, 3.05) is 9.80 Å². The number of benzene rings is 13. The Bertz CT molecular complexity index is 5870. The van der Waals surface area contributed by atoms with Gasteiger partial charge in [-0.2, -0.15) is 0 Å². The third kappa shape index (κ3) is 10.2. The van der Waals surface area contributed by atoms with Crippen LogP contribution in [0.4, 0.5) is 34.1 Å². The Kier molecular flexibility index (Phi) is 13.0. The molecule has 0 saturated carbocycles. The molecular weight excluding hydrogens is 1200 g/mol. The molecule has 2 aliphatic rings. The van der Waals surface area contributed by atoms with Gasteiger partial charge >= 0.3 is 0 Å². The van der Waals surface area contributed by atoms with Crippen molar-refractivity contribution in [3.63, 3.8) is 0 Å². The molecule has 99 heavy (non-hydrogen) atoms. The van der Waals surface area contributed by atoms with Crippen molar-refractivity contribution in [1.29, 1.82) is 0 Å². The molecule has 13 aromatic carbocycles. The average Bonchev–Trinajstić information content (AvgIpc) is 1.17. The lowest BCUT2D eigenvalue weighted by Gasteiger charge is -2.46. The van der Waals surface area contributed by atoms with Crippen LogP contribution in [0.5, 0.6) is 0 Å². The van der Waals surface area contributed by atoms with E-state index in [1.807, 2.05) is 6.07 Å². The first-order valence-electron chi connectivity index (χ1n) is 37.4. The quantitative estimate of drug-likeness (QED) is 0.141. The van der Waals surface area contributed by atoms with Crippen LogP contribution in [0.1, 0.15) is 112 Å². The van der Waals surface area contributed by atoms with E-state index < -0.39 is 18.2 Å². The van der Waals surface area contributed by atoms with Crippen molar-refractivity contribution in [1.82, 2.24) is 9.13 Å². The van der Waals surface area contributed by atoms with E-state index >= 15 is 0 Å². The van der Waals surface area contributed by atoms with Crippen LogP contribution in [0.3, 0.4) is 0 Å². The zero-order chi connectivity index (χ0) is 72.4. The minimum atomic E-state index is -0.436. The molecule has 0 fully saturated rings. The predicted octanol–water partition coefficient (Wildman–Crippen LogP) is 23.8. The molecule has 0 amide bonds. The molecule has 0 atom stereocenters. The molecule has 0 spiro atoms. The number of nitrogens with zero attached hydrogens (tertiary/aromatic N) is 4. The fourth-order valence-electron chi connectivity index (χ4n) is 15.8. The molecule has 0 radical (unpaired) electrons. The fraction of sp³-hybridized carbons (Fsp3) is 0.170. The van der Waals surface area contributed by atoms with Gasteiger partial charge in [-0.1, -0.05) is 277 Å². The van der Waals surface area contributed by atoms with E-state index in [4.69, 9.17) is 4.11 Å². The van der Waals surface area contributed by atoms with Crippen LogP contribution in [0.2, 0.25) is 0 Å². The largest absolute Gasteiger partial charge is 0.310 e. The Morgan fingerprint density at radius 2 is 0.737 bits per heavy atom. The monoisotopic (exact) mass is 1280 g/mol. The second kappa shape index (κ2) is 22.9. The van der Waals surface area contributed by atoms with Gasteiger partial charge < -0.3 is 18.9 Å². The van der Waals surface area contributed by atoms with Crippen LogP contribution in [-0.4, -0.2) is 15.8 Å². The molecule has 482 valence electrons. The summed E-state index contributed by atoms with van der Waals surface area (Å²) in [6.45, 7) is 27.2. The highest BCUT2D eigenvalue weighted by Crippen LogP contribution is 2.56. The van der Waals surface area contributed by atoms with E-state index in [2.05, 4.69) is 351 Å². The van der Waals surface area contributed by atoms with Gasteiger partial charge in [-0.15, -0.1) is 0 Å². The third-order valence-electron chi connectivity index (χ3n) is 21.0. The number of aromatic nitrogens is 2. The summed E-state index contributed by atoms with van der Waals surface area (Å²) in [4.78, 5) is 5.16. The first-order valence-corrected chi connectivity index (χ1v) is 34.9. The molecule has 17 rings (SSSR count). The van der Waals surface area contributed by atoms with Crippen LogP contribution in [0.25, 0.3) is 99.5 Å². The van der Waals surface area contributed by atoms with Gasteiger partial charge in [0.25, 0.3) is 6.71 Å². The highest BCUT2D eigenvalue weighted by Gasteiger charge is 2.46. The second-order valence-corrected chi connectivity index (χ2v) is 31.4. The molecule has 0 saturated heterocycles. The Morgan fingerprint density at radius 1 is 0.293 bits per heavy atom. The fourth-order valence-corrected chi connectivity index (χ4v) is 15.8. The van der Waals surface area contributed by atoms with Gasteiger partial charge in [0.15, 0.2) is 0 Å². The van der Waals surface area contributed by atoms with Crippen LogP contribution >= 0.6 is 0 Å². The summed E-state index contributed by atoms with van der Waals surface area (Å²) in [7, 11) is 0. The summed E-state index contributed by atoms with van der Waals surface area (Å²) in [5.41, 5.74) is 26.5. The number of fused-ring (bicyclic) bond motifs is 10. The van der Waals surface area contributed by atoms with Gasteiger partial charge in [0.05, 0.1) is 40.3 Å². The first kappa shape index (κ1) is 56.2. The van der Waals surface area contributed by atoms with Gasteiger partial charge in [0, 0.05) is 72.4 Å². The van der Waals surface area contributed by atoms with E-state index in [1.165, 1.54) is 27.5 Å². The molecular formula is C94H83BN4. The van der Waals surface area contributed by atoms with Crippen molar-refractivity contribution in [2.45, 2.75) is 105 Å². The van der Waals surface area contributed by atoms with E-state index in [1.54, 1.807) is 0 Å². The van der Waals surface area contributed by atoms with Crippen molar-refractivity contribution in [2.24, 2.45) is 0 Å². The third-order valence-corrected chi connectivity index (χ3v) is 21.0. The Balaban J connectivity index is 1.08. The second-order valence-electron chi connectivity index (χ2n) is 31.4. The van der Waals surface area contributed by atoms with Crippen molar-refractivity contribution in [3.8, 4) is 55.9 Å². The van der Waals surface area contributed by atoms with Crippen LogP contribution in [-0.2, 0) is 21.7 Å². The van der Waals surface area contributed by atoms with Crippen molar-refractivity contribution in [3.05, 3.63) is 307 Å². The maximum Gasteiger partial charge on any atom is 0.252 e. The van der Waals surface area contributed by atoms with E-state index in [-0.39, 0.29) is 46.0 Å². The highest BCUT2D eigenvalue weighted by molar-refractivity contribution is 7.00. The smallest absolute Gasteiger partial charge is 0.252 e. The number of rotatable bonds is 8. The van der Waals surface area contributed by atoms with Gasteiger partial charge in [-0.3, -0.25) is 0 Å². The van der Waals surface area contributed by atoms with E-state index in [9.17, 15) is 2.74 Å². The molecule has 4 nitrogen and oxygen atoms in total. The standard InChI is InChI=1S/C94H83BN4/c1-91(2,3)65-43-49-80-75(53-65)76-54-66(92(4,5)6)44-50-81(76)97(80)70-45-48-78-84(59-70)99(90-71(61-32-20-14-21-33-61)46-51-82-87(90)72-40-28-29-41-79(72)96(82)69-38-26-17-27-39-69)86-58-68(94(10,11)12)57-85-88(86)95(78)77-47-42-64(60-30-18-13-19-31-60)52-83(77)98(85)89-73(62-34-22-15-23-35-62)55-67(93(7,8)9)56-74(89)63-36-24-16-25-37-63/h13-59H,1-12H3/i13D,18D,19D,30D,31D. The Hall–Kier alpha value is -10.9. The molecule has 0 bridgehead atoms. The van der Waals surface area contributed by atoms with Crippen molar-refractivity contribution >= 4 is 101 Å². The lowest BCUT2D eigenvalue weighted by molar-refractivity contribution is 0.590. The summed E-state index contributed by atoms with van der Waals surface area (Å²) in [6, 6.07) is 92.6. The maximum absolute atomic E-state index is 9.63. The number of hydrogen-bond acceptors (Lipinski definition) is 2. The zero-order valence-electron chi connectivity index (χ0n) is 63.6. The van der Waals surface area contributed by atoms with Crippen molar-refractivity contribution < 1.29 is 6.85 Å². The zero-order valence-corrected chi connectivity index (χ0v) is 58.6. The summed E-state index contributed by atoms with van der Waals surface area (Å²) < 4.78 is 51.2.